The highest BCUT2D eigenvalue weighted by atomic mass is 16.4. The van der Waals surface area contributed by atoms with E-state index in [9.17, 15) is 117 Å². The summed E-state index contributed by atoms with van der Waals surface area (Å²) in [5.41, 5.74) is 5.77. The maximum atomic E-state index is 14.4. The van der Waals surface area contributed by atoms with E-state index in [0.29, 0.717) is 24.8 Å². The Balaban J connectivity index is 3.48. The Morgan fingerprint density at radius 3 is 1.34 bits per heavy atom. The quantitative estimate of drug-likeness (QED) is 0.0287. The van der Waals surface area contributed by atoms with Crippen molar-refractivity contribution < 1.29 is 122 Å². The third-order valence-corrected chi connectivity index (χ3v) is 16.8. The van der Waals surface area contributed by atoms with Crippen LogP contribution in [0.5, 0.6) is 0 Å². The molecule has 0 unspecified atom stereocenters. The minimum Gasteiger partial charge on any atom is -0.481 e. The van der Waals surface area contributed by atoms with Crippen LogP contribution in [0.2, 0.25) is 0 Å². The van der Waals surface area contributed by atoms with Gasteiger partial charge >= 0.3 is 29.8 Å². The standard InChI is InChI=1S/C69H108N14O25/c1-9-11-12-13-17-23-50(87)71-32-19-18-22-42(76-65(103)48(34-55(95)96)74-40(8)85)60(98)73-38(6)59(97)83-58(39(7)84)68(106)82-57(37(5)10-2)66(104)72-35-51(88)75-47(33-41-20-15-14-16-21-41)64(102)78-45(26-30-53(91)92)63(101)81-56(36(3)4)67(105)79-43(24-28-49(70)86)61(99)77-44(25-29-52(89)90)62(100)80-46(69(107)108)27-31-54(93)94/h14-16,20-21,36-39,42-48,56-58,84H,9-13,17-19,22-35H2,1-8H3,(H2,70,86)(H,71,87)(H,72,104)(H,73,98)(H,74,85)(H,75,88)(H,76,103)(H,77,99)(H,78,102)(H,79,105)(H,80,100)(H,81,101)(H,82,106)(H,83,97)(H,89,90)(H,91,92)(H,93,94)(H,95,96)(H,107,108)/t37-,38-,39+,42-,43-,44-,45-,46-,47-,48-,56-,57-,58-/m0/s1. The van der Waals surface area contributed by atoms with Crippen molar-refractivity contribution in [2.45, 2.75) is 256 Å². The Kier molecular flexibility index (Phi) is 44.5. The molecule has 13 atom stereocenters. The fraction of sp³-hybridized carbons (Fsp3) is 0.638. The summed E-state index contributed by atoms with van der Waals surface area (Å²) in [5.74, 6) is -23.1. The molecule has 39 nitrogen and oxygen atoms in total. The number of unbranched alkanes of at least 4 members (excludes halogenated alkanes) is 5. The third kappa shape index (κ3) is 38.9. The summed E-state index contributed by atoms with van der Waals surface area (Å²) in [6.07, 6.45) is -2.58. The van der Waals surface area contributed by atoms with Gasteiger partial charge in [0, 0.05) is 52.0 Å². The van der Waals surface area contributed by atoms with Gasteiger partial charge in [0.15, 0.2) is 0 Å². The van der Waals surface area contributed by atoms with Gasteiger partial charge in [0.1, 0.15) is 66.5 Å². The first-order valence-electron chi connectivity index (χ1n) is 35.7. The second kappa shape index (κ2) is 50.6. The van der Waals surface area contributed by atoms with Crippen LogP contribution >= 0.6 is 0 Å². The number of amides is 14. The summed E-state index contributed by atoms with van der Waals surface area (Å²) >= 11 is 0. The van der Waals surface area contributed by atoms with Crippen LogP contribution in [0.4, 0.5) is 0 Å². The van der Waals surface area contributed by atoms with E-state index in [1.54, 1.807) is 44.2 Å². The molecular formula is C69H108N14O25. The molecule has 39 heteroatoms. The van der Waals surface area contributed by atoms with Crippen LogP contribution in [-0.4, -0.2) is 229 Å². The molecule has 0 fully saturated rings. The van der Waals surface area contributed by atoms with Gasteiger partial charge in [-0.25, -0.2) is 4.79 Å². The Morgan fingerprint density at radius 1 is 0.398 bits per heavy atom. The SMILES string of the molecule is CCCCCCCC(=O)NCCCC[C@H](NC(=O)[C@H](CC(=O)O)NC(C)=O)C(=O)N[C@@H](C)C(=O)N[C@H](C(=O)N[C@H](C(=O)NCC(=O)N[C@@H](Cc1ccccc1)C(=O)N[C@@H](CCC(=O)O)C(=O)N[C@H](C(=O)N[C@@H](CCC(N)=O)C(=O)N[C@@H](CCC(=O)O)C(=O)N[C@@H](CCC(=O)O)C(=O)O)C(C)C)[C@@H](C)CC)[C@@H](C)O. The summed E-state index contributed by atoms with van der Waals surface area (Å²) in [7, 11) is 0. The van der Waals surface area contributed by atoms with Crippen LogP contribution in [0, 0.1) is 11.8 Å². The topological polar surface area (TPSA) is 628 Å². The highest BCUT2D eigenvalue weighted by Crippen LogP contribution is 2.14. The number of carbonyl (C=O) groups is 19. The number of primary amides is 1. The molecule has 21 N–H and O–H groups in total. The predicted octanol–water partition coefficient (Wildman–Crippen LogP) is -3.13. The zero-order valence-electron chi connectivity index (χ0n) is 62.0. The normalized spacial score (nSPS) is 14.6. The summed E-state index contributed by atoms with van der Waals surface area (Å²) in [6.45, 7) is 10.8. The number of aliphatic hydroxyl groups is 1. The number of nitrogens with one attached hydrogen (secondary N) is 13. The lowest BCUT2D eigenvalue weighted by atomic mass is 9.97. The van der Waals surface area contributed by atoms with Crippen LogP contribution in [0.1, 0.15) is 183 Å². The van der Waals surface area contributed by atoms with Crippen molar-refractivity contribution in [3.63, 3.8) is 0 Å². The number of carboxylic acids is 5. The molecule has 14 amide bonds. The van der Waals surface area contributed by atoms with Gasteiger partial charge in [-0.2, -0.15) is 0 Å². The number of carbonyl (C=O) groups excluding carboxylic acids is 14. The molecule has 0 aromatic heterocycles. The van der Waals surface area contributed by atoms with Gasteiger partial charge < -0.3 is 105 Å². The minimum atomic E-state index is -1.83. The lowest BCUT2D eigenvalue weighted by molar-refractivity contribution is -0.144. The van der Waals surface area contributed by atoms with E-state index in [-0.39, 0.29) is 38.1 Å². The van der Waals surface area contributed by atoms with Gasteiger partial charge in [0.2, 0.25) is 82.7 Å². The zero-order chi connectivity index (χ0) is 81.9. The van der Waals surface area contributed by atoms with Crippen LogP contribution < -0.4 is 74.9 Å². The van der Waals surface area contributed by atoms with Crippen LogP contribution in [0.15, 0.2) is 30.3 Å². The van der Waals surface area contributed by atoms with Crippen molar-refractivity contribution in [2.24, 2.45) is 17.6 Å². The summed E-state index contributed by atoms with van der Waals surface area (Å²) in [6, 6.07) is -10.4. The molecule has 1 aromatic carbocycles. The van der Waals surface area contributed by atoms with Crippen molar-refractivity contribution in [3.8, 4) is 0 Å². The molecule has 0 aliphatic carbocycles. The molecule has 1 rings (SSSR count). The maximum Gasteiger partial charge on any atom is 0.326 e. The summed E-state index contributed by atoms with van der Waals surface area (Å²) in [4.78, 5) is 247. The average molecular weight is 1530 g/mol. The van der Waals surface area contributed by atoms with Gasteiger partial charge in [0.25, 0.3) is 0 Å². The van der Waals surface area contributed by atoms with E-state index in [1.807, 2.05) is 5.32 Å². The van der Waals surface area contributed by atoms with Crippen molar-refractivity contribution >= 4 is 113 Å². The number of hydrogen-bond acceptors (Lipinski definition) is 20. The molecular weight excluding hydrogens is 1420 g/mol. The van der Waals surface area contributed by atoms with E-state index >= 15 is 0 Å². The lowest BCUT2D eigenvalue weighted by Gasteiger charge is -2.29. The second-order valence-corrected chi connectivity index (χ2v) is 26.4. The number of benzene rings is 1. The van der Waals surface area contributed by atoms with E-state index in [2.05, 4.69) is 70.7 Å². The second-order valence-electron chi connectivity index (χ2n) is 26.4. The highest BCUT2D eigenvalue weighted by Gasteiger charge is 2.38. The van der Waals surface area contributed by atoms with E-state index in [1.165, 1.54) is 20.8 Å². The number of aliphatic carboxylic acids is 5. The molecule has 0 heterocycles. The molecule has 604 valence electrons. The molecule has 0 radical (unpaired) electrons. The zero-order valence-corrected chi connectivity index (χ0v) is 62.0. The predicted molar refractivity (Wildman–Crippen MR) is 381 cm³/mol. The van der Waals surface area contributed by atoms with Gasteiger partial charge in [-0.3, -0.25) is 86.3 Å². The van der Waals surface area contributed by atoms with Gasteiger partial charge in [-0.1, -0.05) is 97.1 Å². The van der Waals surface area contributed by atoms with Gasteiger partial charge in [0.05, 0.1) is 19.1 Å². The number of hydrogen-bond donors (Lipinski definition) is 20. The maximum absolute atomic E-state index is 14.4. The summed E-state index contributed by atoms with van der Waals surface area (Å²) < 4.78 is 0. The first-order chi connectivity index (χ1) is 50.7. The molecule has 0 aliphatic heterocycles. The lowest BCUT2D eigenvalue weighted by Crippen LogP contribution is -2.61. The Bertz CT molecular complexity index is 3250. The molecule has 108 heavy (non-hydrogen) atoms. The van der Waals surface area contributed by atoms with E-state index in [0.717, 1.165) is 39.5 Å². The Labute approximate surface area is 624 Å². The number of rotatable bonds is 55. The highest BCUT2D eigenvalue weighted by molar-refractivity contribution is 6.00. The first kappa shape index (κ1) is 95.1. The summed E-state index contributed by atoms with van der Waals surface area (Å²) in [5, 5.41) is 88.9. The smallest absolute Gasteiger partial charge is 0.326 e. The fourth-order valence-corrected chi connectivity index (χ4v) is 10.5. The molecule has 1 aromatic rings. The van der Waals surface area contributed by atoms with Crippen molar-refractivity contribution in [1.82, 2.24) is 69.1 Å². The van der Waals surface area contributed by atoms with Crippen molar-refractivity contribution in [1.29, 1.82) is 0 Å². The minimum absolute atomic E-state index is 0.105. The van der Waals surface area contributed by atoms with Crippen LogP contribution in [-0.2, 0) is 97.5 Å². The molecule has 0 bridgehead atoms. The van der Waals surface area contributed by atoms with E-state index in [4.69, 9.17) is 10.8 Å². The largest absolute Gasteiger partial charge is 0.481 e. The monoisotopic (exact) mass is 1530 g/mol. The number of aliphatic hydroxyl groups excluding tert-OH is 1. The van der Waals surface area contributed by atoms with Gasteiger partial charge in [-0.15, -0.1) is 0 Å². The average Bonchev–Trinajstić information content (AvgIpc) is 0.861. The number of nitrogens with two attached hydrogens (primary N) is 1. The molecule has 0 aliphatic rings. The number of carboxylic acid groups (broad SMARTS) is 5. The molecule has 0 saturated heterocycles. The third-order valence-electron chi connectivity index (χ3n) is 16.8. The Morgan fingerprint density at radius 2 is 0.852 bits per heavy atom. The molecule has 0 spiro atoms. The molecule has 0 saturated carbocycles. The van der Waals surface area contributed by atoms with Crippen LogP contribution in [0.3, 0.4) is 0 Å². The Hall–Kier alpha value is -10.9. The first-order valence-corrected chi connectivity index (χ1v) is 35.7. The van der Waals surface area contributed by atoms with Crippen molar-refractivity contribution in [2.75, 3.05) is 13.1 Å². The fourth-order valence-electron chi connectivity index (χ4n) is 10.5. The van der Waals surface area contributed by atoms with Gasteiger partial charge in [-0.05, 0) is 82.6 Å². The van der Waals surface area contributed by atoms with Crippen molar-refractivity contribution in [3.05, 3.63) is 35.9 Å². The van der Waals surface area contributed by atoms with Crippen LogP contribution in [0.25, 0.3) is 0 Å². The van der Waals surface area contributed by atoms with E-state index < -0.39 is 255 Å².